The molecule has 1 saturated carbocycles. The maximum atomic E-state index is 14.1. The Hall–Kier alpha value is -2.44. The SMILES string of the molecule is C=C(C)Cn1c(SCC(=O)c2cccs2)nc2c(c1=O)C1(CCCCC1)Cc1ccccc1-2. The largest absolute Gasteiger partial charge is 0.292 e. The highest BCUT2D eigenvalue weighted by molar-refractivity contribution is 7.99. The van der Waals surface area contributed by atoms with Crippen LogP contribution in [0.2, 0.25) is 0 Å². The number of benzene rings is 1. The van der Waals surface area contributed by atoms with Gasteiger partial charge in [0.2, 0.25) is 0 Å². The fourth-order valence-corrected chi connectivity index (χ4v) is 7.01. The van der Waals surface area contributed by atoms with E-state index in [-0.39, 0.29) is 22.5 Å². The third-order valence-corrected chi connectivity index (χ3v) is 8.72. The van der Waals surface area contributed by atoms with Gasteiger partial charge in [0, 0.05) is 17.5 Å². The van der Waals surface area contributed by atoms with Crippen molar-refractivity contribution >= 4 is 28.9 Å². The minimum absolute atomic E-state index is 0.0467. The highest BCUT2D eigenvalue weighted by atomic mass is 32.2. The normalized spacial score (nSPS) is 16.3. The molecule has 2 aliphatic rings. The van der Waals surface area contributed by atoms with Gasteiger partial charge in [-0.2, -0.15) is 0 Å². The van der Waals surface area contributed by atoms with Crippen LogP contribution in [-0.4, -0.2) is 21.1 Å². The molecule has 2 aliphatic carbocycles. The first-order valence-corrected chi connectivity index (χ1v) is 13.4. The first kappa shape index (κ1) is 22.4. The molecule has 0 amide bonds. The summed E-state index contributed by atoms with van der Waals surface area (Å²) in [5.74, 6) is 0.322. The van der Waals surface area contributed by atoms with E-state index < -0.39 is 0 Å². The van der Waals surface area contributed by atoms with E-state index in [0.717, 1.165) is 59.4 Å². The Morgan fingerprint density at radius 2 is 1.97 bits per heavy atom. The molecule has 0 saturated heterocycles. The smallest absolute Gasteiger partial charge is 0.258 e. The standard InChI is InChI=1S/C27H28N2O2S2/c1-18(2)16-29-25(31)23-24(28-26(29)33-17-21(30)22-11-8-14-32-22)20-10-5-4-9-19(20)15-27(23)12-6-3-7-13-27/h4-5,8-11,14H,1,3,6-7,12-13,15-17H2,2H3. The van der Waals surface area contributed by atoms with E-state index in [1.54, 1.807) is 4.57 Å². The molecule has 1 fully saturated rings. The quantitative estimate of drug-likeness (QED) is 0.182. The lowest BCUT2D eigenvalue weighted by atomic mass is 9.62. The van der Waals surface area contributed by atoms with Crippen molar-refractivity contribution in [2.24, 2.45) is 0 Å². The van der Waals surface area contributed by atoms with E-state index in [1.807, 2.05) is 30.5 Å². The predicted molar refractivity (Wildman–Crippen MR) is 137 cm³/mol. The van der Waals surface area contributed by atoms with Gasteiger partial charge in [-0.05, 0) is 43.2 Å². The van der Waals surface area contributed by atoms with Crippen molar-refractivity contribution in [2.45, 2.75) is 62.6 Å². The Labute approximate surface area is 202 Å². The van der Waals surface area contributed by atoms with Gasteiger partial charge in [0.05, 0.1) is 21.9 Å². The van der Waals surface area contributed by atoms with Crippen LogP contribution in [0.5, 0.6) is 0 Å². The molecule has 2 aromatic heterocycles. The van der Waals surface area contributed by atoms with Crippen LogP contribution >= 0.6 is 23.1 Å². The van der Waals surface area contributed by atoms with Crippen LogP contribution in [0.25, 0.3) is 11.3 Å². The number of thioether (sulfide) groups is 1. The van der Waals surface area contributed by atoms with Crippen molar-refractivity contribution in [3.8, 4) is 11.3 Å². The number of carbonyl (C=O) groups is 1. The van der Waals surface area contributed by atoms with Crippen LogP contribution in [-0.2, 0) is 18.4 Å². The second-order valence-electron chi connectivity index (χ2n) is 9.33. The molecule has 0 bridgehead atoms. The lowest BCUT2D eigenvalue weighted by molar-refractivity contribution is 0.102. The zero-order valence-electron chi connectivity index (χ0n) is 18.9. The van der Waals surface area contributed by atoms with Crippen LogP contribution in [0.3, 0.4) is 0 Å². The van der Waals surface area contributed by atoms with Crippen molar-refractivity contribution in [2.75, 3.05) is 5.75 Å². The second-order valence-corrected chi connectivity index (χ2v) is 11.2. The van der Waals surface area contributed by atoms with Gasteiger partial charge < -0.3 is 0 Å². The van der Waals surface area contributed by atoms with E-state index in [9.17, 15) is 9.59 Å². The molecule has 0 N–H and O–H groups in total. The van der Waals surface area contributed by atoms with Gasteiger partial charge in [0.25, 0.3) is 5.56 Å². The van der Waals surface area contributed by atoms with E-state index in [2.05, 4.69) is 24.8 Å². The molecule has 0 unspecified atom stereocenters. The molecule has 6 heteroatoms. The number of aromatic nitrogens is 2. The summed E-state index contributed by atoms with van der Waals surface area (Å²) in [6.07, 6.45) is 6.48. The molecule has 4 nitrogen and oxygen atoms in total. The average molecular weight is 477 g/mol. The summed E-state index contributed by atoms with van der Waals surface area (Å²) in [6, 6.07) is 12.1. The lowest BCUT2D eigenvalue weighted by Gasteiger charge is -2.42. The summed E-state index contributed by atoms with van der Waals surface area (Å²) in [5, 5.41) is 2.52. The average Bonchev–Trinajstić information content (AvgIpc) is 3.35. The van der Waals surface area contributed by atoms with Gasteiger partial charge in [0.15, 0.2) is 10.9 Å². The Morgan fingerprint density at radius 1 is 1.18 bits per heavy atom. The molecule has 3 aromatic rings. The van der Waals surface area contributed by atoms with Gasteiger partial charge in [-0.15, -0.1) is 11.3 Å². The summed E-state index contributed by atoms with van der Waals surface area (Å²) in [4.78, 5) is 32.6. The number of hydrogen-bond donors (Lipinski definition) is 0. The first-order valence-electron chi connectivity index (χ1n) is 11.6. The Bertz CT molecular complexity index is 1270. The minimum atomic E-state index is -0.140. The number of fused-ring (bicyclic) bond motifs is 4. The van der Waals surface area contributed by atoms with Crippen LogP contribution in [0.4, 0.5) is 0 Å². The van der Waals surface area contributed by atoms with Crippen LogP contribution in [0.15, 0.2) is 63.9 Å². The summed E-state index contributed by atoms with van der Waals surface area (Å²) in [5.41, 5.74) is 4.86. The third kappa shape index (κ3) is 4.15. The topological polar surface area (TPSA) is 52.0 Å². The molecular formula is C27H28N2O2S2. The monoisotopic (exact) mass is 476 g/mol. The second kappa shape index (κ2) is 9.07. The number of ketones is 1. The molecule has 0 radical (unpaired) electrons. The number of Topliss-reactive ketones (excluding diaryl/α,β-unsaturated/α-hetero) is 1. The van der Waals surface area contributed by atoms with Crippen LogP contribution in [0.1, 0.15) is 59.8 Å². The molecule has 0 aliphatic heterocycles. The predicted octanol–water partition coefficient (Wildman–Crippen LogP) is 6.28. The molecule has 0 atom stereocenters. The Balaban J connectivity index is 1.65. The molecular weight excluding hydrogens is 448 g/mol. The molecule has 2 heterocycles. The summed E-state index contributed by atoms with van der Waals surface area (Å²) >= 11 is 2.81. The molecule has 1 spiro atoms. The van der Waals surface area contributed by atoms with Gasteiger partial charge in [0.1, 0.15) is 0 Å². The number of hydrogen-bond acceptors (Lipinski definition) is 5. The Kier molecular flexibility index (Phi) is 6.14. The maximum Gasteiger partial charge on any atom is 0.258 e. The van der Waals surface area contributed by atoms with Crippen molar-refractivity contribution in [3.05, 3.63) is 80.3 Å². The summed E-state index contributed by atoms with van der Waals surface area (Å²) in [6.45, 7) is 6.41. The van der Waals surface area contributed by atoms with E-state index in [1.165, 1.54) is 35.1 Å². The highest BCUT2D eigenvalue weighted by Gasteiger charge is 2.43. The maximum absolute atomic E-state index is 14.1. The zero-order valence-corrected chi connectivity index (χ0v) is 20.6. The molecule has 5 rings (SSSR count). The summed E-state index contributed by atoms with van der Waals surface area (Å²) in [7, 11) is 0. The van der Waals surface area contributed by atoms with Crippen molar-refractivity contribution in [1.82, 2.24) is 9.55 Å². The fourth-order valence-electron chi connectivity index (χ4n) is 5.38. The van der Waals surface area contributed by atoms with E-state index in [4.69, 9.17) is 4.98 Å². The van der Waals surface area contributed by atoms with Crippen molar-refractivity contribution in [1.29, 1.82) is 0 Å². The molecule has 1 aromatic carbocycles. The van der Waals surface area contributed by atoms with Gasteiger partial charge in [-0.25, -0.2) is 4.98 Å². The van der Waals surface area contributed by atoms with Gasteiger partial charge in [-0.3, -0.25) is 14.2 Å². The first-order chi connectivity index (χ1) is 16.0. The third-order valence-electron chi connectivity index (χ3n) is 6.83. The lowest BCUT2D eigenvalue weighted by Crippen LogP contribution is -2.43. The number of rotatable bonds is 6. The molecule has 33 heavy (non-hydrogen) atoms. The zero-order chi connectivity index (χ0) is 23.0. The number of nitrogens with zero attached hydrogens (tertiary/aromatic N) is 2. The van der Waals surface area contributed by atoms with Gasteiger partial charge >= 0.3 is 0 Å². The fraction of sp³-hybridized carbons (Fsp3) is 0.370. The summed E-state index contributed by atoms with van der Waals surface area (Å²) < 4.78 is 1.76. The number of thiophene rings is 1. The van der Waals surface area contributed by atoms with E-state index in [0.29, 0.717) is 11.7 Å². The minimum Gasteiger partial charge on any atom is -0.292 e. The van der Waals surface area contributed by atoms with Crippen LogP contribution in [0, 0.1) is 0 Å². The number of carbonyl (C=O) groups excluding carboxylic acids is 1. The van der Waals surface area contributed by atoms with E-state index >= 15 is 0 Å². The van der Waals surface area contributed by atoms with Crippen molar-refractivity contribution < 1.29 is 4.79 Å². The molecule has 170 valence electrons. The van der Waals surface area contributed by atoms with Crippen molar-refractivity contribution in [3.63, 3.8) is 0 Å². The van der Waals surface area contributed by atoms with Crippen LogP contribution < -0.4 is 5.56 Å². The van der Waals surface area contributed by atoms with Gasteiger partial charge in [-0.1, -0.05) is 73.5 Å². The highest BCUT2D eigenvalue weighted by Crippen LogP contribution is 2.48. The Morgan fingerprint density at radius 3 is 2.70 bits per heavy atom. The number of allylic oxidation sites excluding steroid dienone is 1.